The Morgan fingerprint density at radius 2 is 2.21 bits per heavy atom. The van der Waals surface area contributed by atoms with Crippen LogP contribution in [0.4, 0.5) is 0 Å². The van der Waals surface area contributed by atoms with Crippen LogP contribution < -0.4 is 5.48 Å². The molecule has 0 unspecified atom stereocenters. The normalized spacial score (nSPS) is 10.4. The fourth-order valence-corrected chi connectivity index (χ4v) is 1.11. The third-order valence-corrected chi connectivity index (χ3v) is 1.87. The van der Waals surface area contributed by atoms with E-state index in [-0.39, 0.29) is 5.91 Å². The predicted molar refractivity (Wildman–Crippen MR) is 55.6 cm³/mol. The van der Waals surface area contributed by atoms with E-state index in [0.717, 1.165) is 5.56 Å². The zero-order valence-corrected chi connectivity index (χ0v) is 8.41. The van der Waals surface area contributed by atoms with E-state index in [0.29, 0.717) is 5.02 Å². The largest absolute Gasteiger partial charge is 0.277 e. The van der Waals surface area contributed by atoms with Gasteiger partial charge in [0.05, 0.1) is 7.11 Å². The molecule has 0 saturated heterocycles. The van der Waals surface area contributed by atoms with Crippen molar-refractivity contribution in [3.8, 4) is 0 Å². The highest BCUT2D eigenvalue weighted by atomic mass is 35.5. The standard InChI is InChI=1S/C10H10ClNO2/c1-14-12-10(13)7-6-8-4-2-3-5-9(8)11/h2-7H,1H3,(H,12,13)/b7-6+. The first-order chi connectivity index (χ1) is 6.74. The van der Waals surface area contributed by atoms with Crippen molar-refractivity contribution in [3.05, 3.63) is 40.9 Å². The lowest BCUT2D eigenvalue weighted by atomic mass is 10.2. The van der Waals surface area contributed by atoms with Gasteiger partial charge >= 0.3 is 0 Å². The first-order valence-corrected chi connectivity index (χ1v) is 4.37. The molecule has 0 spiro atoms. The topological polar surface area (TPSA) is 38.3 Å². The lowest BCUT2D eigenvalue weighted by molar-refractivity contribution is -0.126. The molecular formula is C10H10ClNO2. The van der Waals surface area contributed by atoms with Gasteiger partial charge in [0.25, 0.3) is 5.91 Å². The first kappa shape index (κ1) is 10.8. The van der Waals surface area contributed by atoms with Crippen LogP contribution in [0.5, 0.6) is 0 Å². The fraction of sp³-hybridized carbons (Fsp3) is 0.100. The summed E-state index contributed by atoms with van der Waals surface area (Å²) in [6.45, 7) is 0. The summed E-state index contributed by atoms with van der Waals surface area (Å²) in [5.74, 6) is -0.326. The van der Waals surface area contributed by atoms with E-state index in [1.165, 1.54) is 13.2 Å². The van der Waals surface area contributed by atoms with E-state index in [4.69, 9.17) is 11.6 Å². The lowest BCUT2D eigenvalue weighted by Crippen LogP contribution is -2.18. The van der Waals surface area contributed by atoms with Crippen molar-refractivity contribution in [2.75, 3.05) is 7.11 Å². The molecule has 1 rings (SSSR count). The summed E-state index contributed by atoms with van der Waals surface area (Å²) in [7, 11) is 1.38. The van der Waals surface area contributed by atoms with Gasteiger partial charge in [-0.3, -0.25) is 9.63 Å². The number of hydrogen-bond donors (Lipinski definition) is 1. The van der Waals surface area contributed by atoms with Crippen LogP contribution in [0, 0.1) is 0 Å². The van der Waals surface area contributed by atoms with Gasteiger partial charge in [-0.1, -0.05) is 29.8 Å². The summed E-state index contributed by atoms with van der Waals surface area (Å²) in [4.78, 5) is 15.4. The second-order valence-electron chi connectivity index (χ2n) is 2.53. The molecule has 1 amide bonds. The Morgan fingerprint density at radius 1 is 1.50 bits per heavy atom. The Balaban J connectivity index is 2.69. The summed E-state index contributed by atoms with van der Waals surface area (Å²) >= 11 is 5.87. The van der Waals surface area contributed by atoms with Crippen molar-refractivity contribution in [2.45, 2.75) is 0 Å². The molecule has 0 radical (unpaired) electrons. The number of hydrogen-bond acceptors (Lipinski definition) is 2. The molecule has 0 aliphatic carbocycles. The Bertz CT molecular complexity index is 350. The van der Waals surface area contributed by atoms with E-state index >= 15 is 0 Å². The third-order valence-electron chi connectivity index (χ3n) is 1.52. The van der Waals surface area contributed by atoms with Crippen molar-refractivity contribution in [3.63, 3.8) is 0 Å². The Morgan fingerprint density at radius 3 is 2.86 bits per heavy atom. The van der Waals surface area contributed by atoms with Gasteiger partial charge in [0.2, 0.25) is 0 Å². The molecule has 1 N–H and O–H groups in total. The predicted octanol–water partition coefficient (Wildman–Crippen LogP) is 2.03. The zero-order valence-electron chi connectivity index (χ0n) is 7.66. The molecule has 0 aliphatic rings. The maximum absolute atomic E-state index is 11.0. The van der Waals surface area contributed by atoms with E-state index in [9.17, 15) is 4.79 Å². The number of carbonyl (C=O) groups excluding carboxylic acids is 1. The quantitative estimate of drug-likeness (QED) is 0.614. The highest BCUT2D eigenvalue weighted by molar-refractivity contribution is 6.32. The second-order valence-corrected chi connectivity index (χ2v) is 2.93. The van der Waals surface area contributed by atoms with Crippen LogP contribution in [0.3, 0.4) is 0 Å². The number of hydroxylamine groups is 1. The molecular weight excluding hydrogens is 202 g/mol. The highest BCUT2D eigenvalue weighted by Crippen LogP contribution is 2.15. The third kappa shape index (κ3) is 3.20. The molecule has 0 bridgehead atoms. The number of benzene rings is 1. The van der Waals surface area contributed by atoms with Crippen molar-refractivity contribution in [2.24, 2.45) is 0 Å². The highest BCUT2D eigenvalue weighted by Gasteiger charge is 1.95. The molecule has 14 heavy (non-hydrogen) atoms. The minimum absolute atomic E-state index is 0.326. The molecule has 3 nitrogen and oxygen atoms in total. The first-order valence-electron chi connectivity index (χ1n) is 3.99. The van der Waals surface area contributed by atoms with Crippen LogP contribution in [0.2, 0.25) is 5.02 Å². The van der Waals surface area contributed by atoms with E-state index in [1.807, 2.05) is 18.2 Å². The molecule has 0 aromatic heterocycles. The number of amides is 1. The van der Waals surface area contributed by atoms with Gasteiger partial charge in [-0.2, -0.15) is 0 Å². The summed E-state index contributed by atoms with van der Waals surface area (Å²) in [5.41, 5.74) is 2.96. The van der Waals surface area contributed by atoms with Crippen LogP contribution in [0.15, 0.2) is 30.3 Å². The van der Waals surface area contributed by atoms with Crippen molar-refractivity contribution >= 4 is 23.6 Å². The summed E-state index contributed by atoms with van der Waals surface area (Å²) < 4.78 is 0. The Hall–Kier alpha value is -1.32. The number of carbonyl (C=O) groups is 1. The fourth-order valence-electron chi connectivity index (χ4n) is 0.910. The zero-order chi connectivity index (χ0) is 10.4. The van der Waals surface area contributed by atoms with Crippen molar-refractivity contribution in [1.82, 2.24) is 5.48 Å². The maximum Gasteiger partial charge on any atom is 0.267 e. The minimum Gasteiger partial charge on any atom is -0.277 e. The van der Waals surface area contributed by atoms with Crippen LogP contribution in [-0.2, 0) is 9.63 Å². The molecule has 0 atom stereocenters. The molecule has 0 saturated carbocycles. The molecule has 0 aliphatic heterocycles. The van der Waals surface area contributed by atoms with Gasteiger partial charge in [0, 0.05) is 11.1 Å². The second kappa shape index (κ2) is 5.42. The lowest BCUT2D eigenvalue weighted by Gasteiger charge is -1.97. The molecule has 0 heterocycles. The van der Waals surface area contributed by atoms with Gasteiger partial charge in [-0.25, -0.2) is 5.48 Å². The smallest absolute Gasteiger partial charge is 0.267 e. The van der Waals surface area contributed by atoms with Crippen LogP contribution in [-0.4, -0.2) is 13.0 Å². The summed E-state index contributed by atoms with van der Waals surface area (Å²) in [5, 5.41) is 0.606. The Labute approximate surface area is 87.3 Å². The van der Waals surface area contributed by atoms with Gasteiger partial charge in [0.15, 0.2) is 0 Å². The average molecular weight is 212 g/mol. The van der Waals surface area contributed by atoms with E-state index in [2.05, 4.69) is 10.3 Å². The van der Waals surface area contributed by atoms with Crippen molar-refractivity contribution in [1.29, 1.82) is 0 Å². The SMILES string of the molecule is CONC(=O)/C=C/c1ccccc1Cl. The van der Waals surface area contributed by atoms with Crippen LogP contribution in [0.1, 0.15) is 5.56 Å². The average Bonchev–Trinajstić information content (AvgIpc) is 2.17. The number of nitrogens with one attached hydrogen (secondary N) is 1. The number of rotatable bonds is 3. The monoisotopic (exact) mass is 211 g/mol. The van der Waals surface area contributed by atoms with Crippen LogP contribution in [0.25, 0.3) is 6.08 Å². The summed E-state index contributed by atoms with van der Waals surface area (Å²) in [6, 6.07) is 7.25. The van der Waals surface area contributed by atoms with Gasteiger partial charge < -0.3 is 0 Å². The van der Waals surface area contributed by atoms with E-state index < -0.39 is 0 Å². The Kier molecular flexibility index (Phi) is 4.16. The molecule has 4 heteroatoms. The maximum atomic E-state index is 11.0. The minimum atomic E-state index is -0.326. The molecule has 1 aromatic rings. The van der Waals surface area contributed by atoms with Gasteiger partial charge in [0.1, 0.15) is 0 Å². The van der Waals surface area contributed by atoms with Gasteiger partial charge in [-0.05, 0) is 17.7 Å². The molecule has 1 aromatic carbocycles. The summed E-state index contributed by atoms with van der Waals surface area (Å²) in [6.07, 6.45) is 2.97. The number of halogens is 1. The molecule has 0 fully saturated rings. The van der Waals surface area contributed by atoms with Gasteiger partial charge in [-0.15, -0.1) is 0 Å². The van der Waals surface area contributed by atoms with Crippen LogP contribution >= 0.6 is 11.6 Å². The molecule has 74 valence electrons. The van der Waals surface area contributed by atoms with Crippen molar-refractivity contribution < 1.29 is 9.63 Å². The van der Waals surface area contributed by atoms with E-state index in [1.54, 1.807) is 12.1 Å².